The van der Waals surface area contributed by atoms with Crippen molar-refractivity contribution in [2.24, 2.45) is 11.7 Å². The topological polar surface area (TPSA) is 63.8 Å². The van der Waals surface area contributed by atoms with E-state index in [2.05, 4.69) is 22.2 Å². The summed E-state index contributed by atoms with van der Waals surface area (Å²) in [6, 6.07) is 1.96. The first-order valence-electron chi connectivity index (χ1n) is 4.88. The van der Waals surface area contributed by atoms with Gasteiger partial charge < -0.3 is 11.1 Å². The summed E-state index contributed by atoms with van der Waals surface area (Å²) in [4.78, 5) is 8.55. The van der Waals surface area contributed by atoms with Crippen LogP contribution in [0.5, 0.6) is 0 Å². The van der Waals surface area contributed by atoms with Crippen molar-refractivity contribution in [3.8, 4) is 0 Å². The quantitative estimate of drug-likeness (QED) is 0.753. The van der Waals surface area contributed by atoms with Crippen LogP contribution < -0.4 is 11.1 Å². The number of nitrogens with one attached hydrogen (secondary N) is 1. The van der Waals surface area contributed by atoms with Crippen molar-refractivity contribution in [2.75, 3.05) is 18.4 Å². The van der Waals surface area contributed by atoms with Crippen molar-refractivity contribution in [1.29, 1.82) is 0 Å². The zero-order chi connectivity index (χ0) is 10.6. The fourth-order valence-electron chi connectivity index (χ4n) is 1.15. The molecule has 1 aromatic rings. The Morgan fingerprint density at radius 3 is 2.43 bits per heavy atom. The molecule has 0 bridgehead atoms. The molecule has 3 N–H and O–H groups in total. The highest BCUT2D eigenvalue weighted by Crippen LogP contribution is 2.04. The predicted molar refractivity (Wildman–Crippen MR) is 58.2 cm³/mol. The lowest BCUT2D eigenvalue weighted by molar-refractivity contribution is 0.625. The molecular formula is C10H18N4. The summed E-state index contributed by atoms with van der Waals surface area (Å²) in [6.45, 7) is 7.52. The van der Waals surface area contributed by atoms with Crippen molar-refractivity contribution in [3.05, 3.63) is 17.5 Å². The summed E-state index contributed by atoms with van der Waals surface area (Å²) in [6.07, 6.45) is 0. The lowest BCUT2D eigenvalue weighted by Crippen LogP contribution is -2.20. The zero-order valence-electron chi connectivity index (χ0n) is 9.04. The van der Waals surface area contributed by atoms with Crippen LogP contribution in [0.1, 0.15) is 18.3 Å². The van der Waals surface area contributed by atoms with Gasteiger partial charge >= 0.3 is 0 Å². The van der Waals surface area contributed by atoms with Crippen LogP contribution in [0.2, 0.25) is 0 Å². The third kappa shape index (κ3) is 3.30. The van der Waals surface area contributed by atoms with Crippen molar-refractivity contribution < 1.29 is 0 Å². The first-order valence-corrected chi connectivity index (χ1v) is 4.88. The number of aryl methyl sites for hydroxylation is 2. The number of hydrogen-bond donors (Lipinski definition) is 2. The van der Waals surface area contributed by atoms with E-state index in [9.17, 15) is 0 Å². The van der Waals surface area contributed by atoms with Gasteiger partial charge in [0.2, 0.25) is 5.95 Å². The van der Waals surface area contributed by atoms with Gasteiger partial charge in [-0.1, -0.05) is 6.92 Å². The van der Waals surface area contributed by atoms with Crippen LogP contribution in [0, 0.1) is 19.8 Å². The van der Waals surface area contributed by atoms with Gasteiger partial charge in [-0.2, -0.15) is 0 Å². The second-order valence-electron chi connectivity index (χ2n) is 3.70. The minimum absolute atomic E-state index is 0.444. The van der Waals surface area contributed by atoms with Gasteiger partial charge in [0.05, 0.1) is 0 Å². The molecule has 4 heteroatoms. The molecule has 0 saturated heterocycles. The van der Waals surface area contributed by atoms with Crippen molar-refractivity contribution in [2.45, 2.75) is 20.8 Å². The lowest BCUT2D eigenvalue weighted by atomic mass is 10.2. The molecule has 0 saturated carbocycles. The second-order valence-corrected chi connectivity index (χ2v) is 3.70. The van der Waals surface area contributed by atoms with Gasteiger partial charge in [-0.25, -0.2) is 9.97 Å². The molecule has 1 aromatic heterocycles. The van der Waals surface area contributed by atoms with Gasteiger partial charge in [-0.05, 0) is 32.4 Å². The molecule has 1 unspecified atom stereocenters. The lowest BCUT2D eigenvalue weighted by Gasteiger charge is -2.10. The Kier molecular flexibility index (Phi) is 3.83. The van der Waals surface area contributed by atoms with Gasteiger partial charge in [0, 0.05) is 17.9 Å². The SMILES string of the molecule is Cc1cc(C)nc(NCC(C)CN)n1. The maximum Gasteiger partial charge on any atom is 0.223 e. The molecule has 0 radical (unpaired) electrons. The van der Waals surface area contributed by atoms with Crippen LogP contribution in [0.3, 0.4) is 0 Å². The average Bonchev–Trinajstić information content (AvgIpc) is 2.12. The third-order valence-electron chi connectivity index (χ3n) is 1.99. The minimum atomic E-state index is 0.444. The van der Waals surface area contributed by atoms with Crippen LogP contribution in [0.4, 0.5) is 5.95 Å². The molecule has 0 aromatic carbocycles. The highest BCUT2D eigenvalue weighted by molar-refractivity contribution is 5.27. The molecule has 1 heterocycles. The van der Waals surface area contributed by atoms with Crippen LogP contribution >= 0.6 is 0 Å². The van der Waals surface area contributed by atoms with E-state index in [1.165, 1.54) is 0 Å². The Balaban J connectivity index is 2.58. The second kappa shape index (κ2) is 4.91. The summed E-state index contributed by atoms with van der Waals surface area (Å²) in [5.74, 6) is 1.14. The van der Waals surface area contributed by atoms with Gasteiger partial charge in [0.15, 0.2) is 0 Å². The van der Waals surface area contributed by atoms with E-state index < -0.39 is 0 Å². The first-order chi connectivity index (χ1) is 6.61. The summed E-state index contributed by atoms with van der Waals surface area (Å²) < 4.78 is 0. The third-order valence-corrected chi connectivity index (χ3v) is 1.99. The standard InChI is InChI=1S/C10H18N4/c1-7(5-11)6-12-10-13-8(2)4-9(3)14-10/h4,7H,5-6,11H2,1-3H3,(H,12,13,14). The zero-order valence-corrected chi connectivity index (χ0v) is 9.04. The molecule has 0 aliphatic carbocycles. The van der Waals surface area contributed by atoms with E-state index in [1.54, 1.807) is 0 Å². The van der Waals surface area contributed by atoms with Crippen LogP contribution in [-0.4, -0.2) is 23.1 Å². The van der Waals surface area contributed by atoms with Crippen molar-refractivity contribution >= 4 is 5.95 Å². The van der Waals surface area contributed by atoms with Gasteiger partial charge in [-0.15, -0.1) is 0 Å². The molecule has 0 spiro atoms. The Bertz CT molecular complexity index is 278. The number of nitrogens with two attached hydrogens (primary N) is 1. The Labute approximate surface area is 85.0 Å². The fraction of sp³-hybridized carbons (Fsp3) is 0.600. The normalized spacial score (nSPS) is 12.6. The van der Waals surface area contributed by atoms with E-state index in [-0.39, 0.29) is 0 Å². The van der Waals surface area contributed by atoms with E-state index in [1.807, 2.05) is 19.9 Å². The number of anilines is 1. The van der Waals surface area contributed by atoms with Gasteiger partial charge in [0.1, 0.15) is 0 Å². The van der Waals surface area contributed by atoms with Crippen LogP contribution in [0.15, 0.2) is 6.07 Å². The molecule has 1 atom stereocenters. The van der Waals surface area contributed by atoms with Crippen molar-refractivity contribution in [3.63, 3.8) is 0 Å². The molecule has 78 valence electrons. The summed E-state index contributed by atoms with van der Waals surface area (Å²) in [7, 11) is 0. The molecule has 0 amide bonds. The Morgan fingerprint density at radius 1 is 1.36 bits per heavy atom. The molecule has 1 rings (SSSR count). The fourth-order valence-corrected chi connectivity index (χ4v) is 1.15. The molecule has 0 aliphatic rings. The average molecular weight is 194 g/mol. The summed E-state index contributed by atoms with van der Waals surface area (Å²) in [5.41, 5.74) is 7.49. The van der Waals surface area contributed by atoms with E-state index in [4.69, 9.17) is 5.73 Å². The number of nitrogens with zero attached hydrogens (tertiary/aromatic N) is 2. The molecule has 14 heavy (non-hydrogen) atoms. The summed E-state index contributed by atoms with van der Waals surface area (Å²) in [5, 5.41) is 3.17. The maximum atomic E-state index is 5.52. The Morgan fingerprint density at radius 2 is 1.93 bits per heavy atom. The smallest absolute Gasteiger partial charge is 0.223 e. The van der Waals surface area contributed by atoms with Crippen LogP contribution in [0.25, 0.3) is 0 Å². The highest BCUT2D eigenvalue weighted by atomic mass is 15.1. The Hall–Kier alpha value is -1.16. The molecular weight excluding hydrogens is 176 g/mol. The minimum Gasteiger partial charge on any atom is -0.354 e. The monoisotopic (exact) mass is 194 g/mol. The molecule has 4 nitrogen and oxygen atoms in total. The first kappa shape index (κ1) is 10.9. The van der Waals surface area contributed by atoms with Crippen LogP contribution in [-0.2, 0) is 0 Å². The van der Waals surface area contributed by atoms with Gasteiger partial charge in [-0.3, -0.25) is 0 Å². The predicted octanol–water partition coefficient (Wildman–Crippen LogP) is 1.10. The largest absolute Gasteiger partial charge is 0.354 e. The van der Waals surface area contributed by atoms with E-state index in [0.717, 1.165) is 17.9 Å². The number of aromatic nitrogens is 2. The van der Waals surface area contributed by atoms with E-state index >= 15 is 0 Å². The molecule has 0 aliphatic heterocycles. The highest BCUT2D eigenvalue weighted by Gasteiger charge is 2.01. The van der Waals surface area contributed by atoms with Crippen molar-refractivity contribution in [1.82, 2.24) is 9.97 Å². The summed E-state index contributed by atoms with van der Waals surface area (Å²) >= 11 is 0. The number of hydrogen-bond acceptors (Lipinski definition) is 4. The number of rotatable bonds is 4. The maximum absolute atomic E-state index is 5.52. The molecule has 0 fully saturated rings. The van der Waals surface area contributed by atoms with E-state index in [0.29, 0.717) is 18.4 Å². The van der Waals surface area contributed by atoms with Gasteiger partial charge in [0.25, 0.3) is 0 Å².